The Morgan fingerprint density at radius 1 is 0.867 bits per heavy atom. The number of anilines is 2. The molecular weight excluding hydrogens is 490 g/mol. The van der Waals surface area contributed by atoms with E-state index >= 15 is 0 Å². The predicted octanol–water partition coefficient (Wildman–Crippen LogP) is 6.13. The maximum Gasteiger partial charge on any atom is 0.264 e. The number of nitrogens with one attached hydrogen (secondary N) is 1. The summed E-state index contributed by atoms with van der Waals surface area (Å²) in [6.45, 7) is -0.545. The molecule has 0 spiro atoms. The van der Waals surface area contributed by atoms with Crippen molar-refractivity contribution in [3.8, 4) is 0 Å². The Morgan fingerprint density at radius 3 is 2.13 bits per heavy atom. The maximum absolute atomic E-state index is 13.3. The fourth-order valence-electron chi connectivity index (χ4n) is 2.64. The van der Waals surface area contributed by atoms with Gasteiger partial charge in [-0.2, -0.15) is 0 Å². The molecule has 0 atom stereocenters. The van der Waals surface area contributed by atoms with Crippen molar-refractivity contribution in [1.29, 1.82) is 0 Å². The van der Waals surface area contributed by atoms with E-state index in [9.17, 15) is 13.2 Å². The molecule has 1 N–H and O–H groups in total. The van der Waals surface area contributed by atoms with Crippen molar-refractivity contribution >= 4 is 73.7 Å². The van der Waals surface area contributed by atoms with Gasteiger partial charge < -0.3 is 5.32 Å². The van der Waals surface area contributed by atoms with E-state index in [0.29, 0.717) is 0 Å². The highest BCUT2D eigenvalue weighted by molar-refractivity contribution is 7.92. The van der Waals surface area contributed by atoms with Crippen LogP contribution in [0, 0.1) is 0 Å². The van der Waals surface area contributed by atoms with Crippen LogP contribution >= 0.6 is 46.4 Å². The first-order chi connectivity index (χ1) is 14.2. The van der Waals surface area contributed by atoms with Crippen LogP contribution in [-0.4, -0.2) is 20.9 Å². The highest BCUT2D eigenvalue weighted by atomic mass is 35.5. The molecule has 0 saturated carbocycles. The lowest BCUT2D eigenvalue weighted by Crippen LogP contribution is -2.38. The van der Waals surface area contributed by atoms with E-state index in [0.717, 1.165) is 4.31 Å². The molecule has 3 aromatic rings. The number of benzene rings is 3. The average Bonchev–Trinajstić information content (AvgIpc) is 2.69. The molecule has 1 amide bonds. The fourth-order valence-corrected chi connectivity index (χ4v) is 4.93. The minimum atomic E-state index is -4.10. The Balaban J connectivity index is 1.99. The van der Waals surface area contributed by atoms with Gasteiger partial charge in [-0.15, -0.1) is 0 Å². The molecule has 0 aliphatic carbocycles. The number of hydrogen-bond acceptors (Lipinski definition) is 3. The lowest BCUT2D eigenvalue weighted by molar-refractivity contribution is -0.114. The summed E-state index contributed by atoms with van der Waals surface area (Å²) in [5, 5.41) is 3.43. The number of halogens is 4. The zero-order valence-electron chi connectivity index (χ0n) is 15.2. The zero-order chi connectivity index (χ0) is 21.9. The van der Waals surface area contributed by atoms with Crippen LogP contribution in [0.2, 0.25) is 20.1 Å². The molecule has 0 fully saturated rings. The lowest BCUT2D eigenvalue weighted by atomic mass is 10.3. The van der Waals surface area contributed by atoms with Gasteiger partial charge in [-0.05, 0) is 42.5 Å². The minimum absolute atomic E-state index is 0.00897. The second kappa shape index (κ2) is 9.45. The Kier molecular flexibility index (Phi) is 7.16. The van der Waals surface area contributed by atoms with Crippen molar-refractivity contribution < 1.29 is 13.2 Å². The summed E-state index contributed by atoms with van der Waals surface area (Å²) >= 11 is 24.2. The second-order valence-electron chi connectivity index (χ2n) is 6.10. The Morgan fingerprint density at radius 2 is 1.50 bits per heavy atom. The Labute approximate surface area is 194 Å². The highest BCUT2D eigenvalue weighted by Gasteiger charge is 2.28. The number of nitrogens with zero attached hydrogens (tertiary/aromatic N) is 1. The molecule has 0 aliphatic heterocycles. The third kappa shape index (κ3) is 5.20. The molecule has 3 rings (SSSR count). The largest absolute Gasteiger partial charge is 0.323 e. The highest BCUT2D eigenvalue weighted by Crippen LogP contribution is 2.31. The van der Waals surface area contributed by atoms with Gasteiger partial charge >= 0.3 is 0 Å². The molecule has 0 aliphatic rings. The van der Waals surface area contributed by atoms with E-state index in [4.69, 9.17) is 46.4 Å². The summed E-state index contributed by atoms with van der Waals surface area (Å²) in [5.74, 6) is -0.630. The van der Waals surface area contributed by atoms with Gasteiger partial charge in [0.15, 0.2) is 0 Å². The molecule has 30 heavy (non-hydrogen) atoms. The van der Waals surface area contributed by atoms with Gasteiger partial charge in [0.05, 0.1) is 26.3 Å². The molecule has 3 aromatic carbocycles. The van der Waals surface area contributed by atoms with Gasteiger partial charge in [0.1, 0.15) is 6.54 Å². The van der Waals surface area contributed by atoms with Crippen LogP contribution in [0.1, 0.15) is 0 Å². The summed E-state index contributed by atoms with van der Waals surface area (Å²) in [4.78, 5) is 12.7. The lowest BCUT2D eigenvalue weighted by Gasteiger charge is -2.24. The fraction of sp³-hybridized carbons (Fsp3) is 0.0500. The van der Waals surface area contributed by atoms with Crippen molar-refractivity contribution in [3.05, 3.63) is 86.8 Å². The van der Waals surface area contributed by atoms with Crippen LogP contribution in [0.3, 0.4) is 0 Å². The summed E-state index contributed by atoms with van der Waals surface area (Å²) < 4.78 is 27.5. The summed E-state index contributed by atoms with van der Waals surface area (Å²) in [6.07, 6.45) is 0. The topological polar surface area (TPSA) is 66.5 Å². The number of carbonyl (C=O) groups is 1. The van der Waals surface area contributed by atoms with E-state index < -0.39 is 22.5 Å². The zero-order valence-corrected chi connectivity index (χ0v) is 19.0. The van der Waals surface area contributed by atoms with Crippen LogP contribution in [0.15, 0.2) is 71.6 Å². The van der Waals surface area contributed by atoms with Gasteiger partial charge in [-0.1, -0.05) is 70.7 Å². The van der Waals surface area contributed by atoms with Crippen molar-refractivity contribution in [2.45, 2.75) is 4.90 Å². The minimum Gasteiger partial charge on any atom is -0.323 e. The molecule has 156 valence electrons. The first-order valence-electron chi connectivity index (χ1n) is 8.46. The second-order valence-corrected chi connectivity index (χ2v) is 9.62. The van der Waals surface area contributed by atoms with Crippen LogP contribution in [0.25, 0.3) is 0 Å². The average molecular weight is 504 g/mol. The molecule has 0 bridgehead atoms. The number of amides is 1. The summed E-state index contributed by atoms with van der Waals surface area (Å²) in [7, 11) is -4.10. The van der Waals surface area contributed by atoms with E-state index in [-0.39, 0.29) is 36.4 Å². The van der Waals surface area contributed by atoms with Crippen molar-refractivity contribution in [2.24, 2.45) is 0 Å². The quantitative estimate of drug-likeness (QED) is 0.439. The molecule has 0 heterocycles. The van der Waals surface area contributed by atoms with E-state index in [1.165, 1.54) is 30.3 Å². The number of sulfonamides is 1. The van der Waals surface area contributed by atoms with Gasteiger partial charge in [0.2, 0.25) is 5.91 Å². The van der Waals surface area contributed by atoms with Crippen LogP contribution in [0.5, 0.6) is 0 Å². The predicted molar refractivity (Wildman–Crippen MR) is 123 cm³/mol. The first kappa shape index (κ1) is 22.7. The molecule has 0 radical (unpaired) electrons. The standard InChI is InChI=1S/C20H14Cl4N2O3S/c21-13-9-14(22)11-15(10-13)26(30(28,29)16-5-2-1-3-6-16)12-19(27)25-18-8-4-7-17(23)20(18)24/h1-11H,12H2,(H,25,27). The summed E-state index contributed by atoms with van der Waals surface area (Å²) in [5.41, 5.74) is 0.402. The van der Waals surface area contributed by atoms with Crippen molar-refractivity contribution in [3.63, 3.8) is 0 Å². The van der Waals surface area contributed by atoms with E-state index in [2.05, 4.69) is 5.32 Å². The Bertz CT molecular complexity index is 1170. The van der Waals surface area contributed by atoms with Gasteiger partial charge in [0.25, 0.3) is 10.0 Å². The molecule has 5 nitrogen and oxygen atoms in total. The van der Waals surface area contributed by atoms with Gasteiger partial charge in [-0.25, -0.2) is 8.42 Å². The number of rotatable bonds is 6. The summed E-state index contributed by atoms with van der Waals surface area (Å²) in [6, 6.07) is 16.7. The van der Waals surface area contributed by atoms with Crippen molar-refractivity contribution in [2.75, 3.05) is 16.2 Å². The molecule has 10 heteroatoms. The smallest absolute Gasteiger partial charge is 0.264 e. The van der Waals surface area contributed by atoms with Gasteiger partial charge in [0, 0.05) is 10.0 Å². The first-order valence-corrected chi connectivity index (χ1v) is 11.4. The van der Waals surface area contributed by atoms with E-state index in [1.807, 2.05) is 0 Å². The van der Waals surface area contributed by atoms with Crippen LogP contribution < -0.4 is 9.62 Å². The van der Waals surface area contributed by atoms with Crippen molar-refractivity contribution in [1.82, 2.24) is 0 Å². The normalized spacial score (nSPS) is 11.2. The van der Waals surface area contributed by atoms with Crippen LogP contribution in [0.4, 0.5) is 11.4 Å². The molecular formula is C20H14Cl4N2O3S. The molecule has 0 saturated heterocycles. The monoisotopic (exact) mass is 502 g/mol. The van der Waals surface area contributed by atoms with Crippen LogP contribution in [-0.2, 0) is 14.8 Å². The Hall–Kier alpha value is -1.96. The van der Waals surface area contributed by atoms with Gasteiger partial charge in [-0.3, -0.25) is 9.10 Å². The maximum atomic E-state index is 13.3. The SMILES string of the molecule is O=C(CN(c1cc(Cl)cc(Cl)c1)S(=O)(=O)c1ccccc1)Nc1cccc(Cl)c1Cl. The number of hydrogen-bond donors (Lipinski definition) is 1. The molecule has 0 aromatic heterocycles. The molecule has 0 unspecified atom stereocenters. The van der Waals surface area contributed by atoms with E-state index in [1.54, 1.807) is 36.4 Å². The third-order valence-electron chi connectivity index (χ3n) is 3.98. The third-order valence-corrected chi connectivity index (χ3v) is 7.02. The number of carbonyl (C=O) groups excluding carboxylic acids is 1.